The minimum absolute atomic E-state index is 0.00264. The second-order valence-electron chi connectivity index (χ2n) is 6.74. The summed E-state index contributed by atoms with van der Waals surface area (Å²) in [5.41, 5.74) is 0.639. The minimum atomic E-state index is -2.68. The molecule has 0 bridgehead atoms. The van der Waals surface area contributed by atoms with Crippen LogP contribution in [0.15, 0.2) is 24.3 Å². The number of rotatable bonds is 15. The van der Waals surface area contributed by atoms with Crippen LogP contribution in [0.4, 0.5) is 0 Å². The van der Waals surface area contributed by atoms with Crippen molar-refractivity contribution in [2.24, 2.45) is 5.92 Å². The fourth-order valence-electron chi connectivity index (χ4n) is 2.55. The lowest BCUT2D eigenvalue weighted by atomic mass is 10.0. The predicted octanol–water partition coefficient (Wildman–Crippen LogP) is 4.08. The molecule has 172 valence electrons. The van der Waals surface area contributed by atoms with Crippen LogP contribution in [-0.4, -0.2) is 48.1 Å². The number of aliphatic hydroxyl groups excluding tert-OH is 1. The van der Waals surface area contributed by atoms with E-state index in [1.165, 1.54) is 12.1 Å². The molecular weight excluding hydrogens is 468 g/mol. The maximum absolute atomic E-state index is 12.2. The van der Waals surface area contributed by atoms with Crippen molar-refractivity contribution in [2.75, 3.05) is 26.4 Å². The zero-order chi connectivity index (χ0) is 23.4. The normalized spacial score (nSPS) is 12.2. The number of halogens is 2. The van der Waals surface area contributed by atoms with Gasteiger partial charge < -0.3 is 15.2 Å². The van der Waals surface area contributed by atoms with E-state index in [4.69, 9.17) is 32.8 Å². The van der Waals surface area contributed by atoms with Gasteiger partial charge in [-0.2, -0.15) is 0 Å². The third-order valence-electron chi connectivity index (χ3n) is 4.44. The highest BCUT2D eigenvalue weighted by atomic mass is 35.5. The molecule has 1 aromatic rings. The van der Waals surface area contributed by atoms with Crippen LogP contribution in [-0.2, 0) is 13.9 Å². The molecule has 1 aromatic carbocycles. The molecule has 0 aliphatic heterocycles. The van der Waals surface area contributed by atoms with Gasteiger partial charge >= 0.3 is 8.25 Å². The van der Waals surface area contributed by atoms with E-state index in [2.05, 4.69) is 16.4 Å². The molecule has 0 spiro atoms. The maximum Gasteiger partial charge on any atom is 0.694 e. The zero-order valence-electron chi connectivity index (χ0n) is 17.2. The van der Waals surface area contributed by atoms with Gasteiger partial charge in [-0.3, -0.25) is 9.59 Å². The number of hydrogen-bond acceptors (Lipinski definition) is 6. The lowest BCUT2D eigenvalue weighted by Gasteiger charge is -2.12. The van der Waals surface area contributed by atoms with Crippen molar-refractivity contribution in [1.82, 2.24) is 5.32 Å². The second kappa shape index (κ2) is 14.5. The highest BCUT2D eigenvalue weighted by Gasteiger charge is 2.19. The van der Waals surface area contributed by atoms with Gasteiger partial charge in [-0.05, 0) is 37.0 Å². The molecule has 0 radical (unpaired) electrons. The molecular formula is C20H27Cl2NO7P+. The Labute approximate surface area is 192 Å². The van der Waals surface area contributed by atoms with Crippen molar-refractivity contribution < 1.29 is 33.4 Å². The van der Waals surface area contributed by atoms with Gasteiger partial charge in [0.1, 0.15) is 17.4 Å². The van der Waals surface area contributed by atoms with Gasteiger partial charge in [0.05, 0.1) is 5.02 Å². The first-order chi connectivity index (χ1) is 14.7. The Kier molecular flexibility index (Phi) is 12.9. The number of carbonyl (C=O) groups is 2. The Morgan fingerprint density at radius 2 is 1.97 bits per heavy atom. The number of ketones is 1. The van der Waals surface area contributed by atoms with E-state index in [0.29, 0.717) is 37.8 Å². The van der Waals surface area contributed by atoms with Crippen LogP contribution >= 0.6 is 31.5 Å². The van der Waals surface area contributed by atoms with Gasteiger partial charge in [-0.1, -0.05) is 43.1 Å². The van der Waals surface area contributed by atoms with E-state index >= 15 is 0 Å². The number of amides is 1. The van der Waals surface area contributed by atoms with Gasteiger partial charge in [0.25, 0.3) is 5.91 Å². The molecule has 0 aliphatic carbocycles. The topological polar surface area (TPSA) is 122 Å². The van der Waals surface area contributed by atoms with Crippen LogP contribution in [0.5, 0.6) is 5.75 Å². The molecule has 2 atom stereocenters. The van der Waals surface area contributed by atoms with Crippen molar-refractivity contribution in [3.05, 3.63) is 39.9 Å². The van der Waals surface area contributed by atoms with Gasteiger partial charge in [-0.25, -0.2) is 0 Å². The first-order valence-corrected chi connectivity index (χ1v) is 11.6. The van der Waals surface area contributed by atoms with Crippen LogP contribution in [0.1, 0.15) is 43.0 Å². The summed E-state index contributed by atoms with van der Waals surface area (Å²) in [4.78, 5) is 32.8. The summed E-state index contributed by atoms with van der Waals surface area (Å²) in [6.45, 7) is 5.49. The Bertz CT molecular complexity index is 804. The molecule has 0 aromatic heterocycles. The molecule has 1 rings (SSSR count). The van der Waals surface area contributed by atoms with Crippen LogP contribution in [0.3, 0.4) is 0 Å². The summed E-state index contributed by atoms with van der Waals surface area (Å²) in [7, 11) is -2.68. The third kappa shape index (κ3) is 9.64. The van der Waals surface area contributed by atoms with Crippen molar-refractivity contribution >= 4 is 43.1 Å². The van der Waals surface area contributed by atoms with Crippen molar-refractivity contribution in [1.29, 1.82) is 0 Å². The molecule has 0 aliphatic rings. The molecule has 2 unspecified atom stereocenters. The lowest BCUT2D eigenvalue weighted by molar-refractivity contribution is -0.123. The monoisotopic (exact) mass is 494 g/mol. The number of nitrogens with one attached hydrogen (secondary N) is 1. The average molecular weight is 495 g/mol. The Hall–Kier alpha value is -1.54. The molecule has 31 heavy (non-hydrogen) atoms. The highest BCUT2D eigenvalue weighted by molar-refractivity contribution is 7.32. The van der Waals surface area contributed by atoms with E-state index in [-0.39, 0.29) is 58.8 Å². The first-order valence-electron chi connectivity index (χ1n) is 9.71. The fraction of sp³-hybridized carbons (Fsp3) is 0.500. The van der Waals surface area contributed by atoms with Crippen molar-refractivity contribution in [3.63, 3.8) is 0 Å². The molecule has 11 heteroatoms. The largest absolute Gasteiger partial charge is 0.694 e. The highest BCUT2D eigenvalue weighted by Crippen LogP contribution is 2.35. The summed E-state index contributed by atoms with van der Waals surface area (Å²) >= 11 is 12.3. The van der Waals surface area contributed by atoms with Crippen LogP contribution in [0, 0.1) is 5.92 Å². The SMILES string of the molecule is C=C(CC)C(=O)c1ccc(OCC(=O)NCCCCC(CO)CO[P+](=O)O)c(Cl)c1Cl. The number of carbonyl (C=O) groups excluding carboxylic acids is 2. The number of Topliss-reactive ketones (excluding diaryl/α,β-unsaturated/α-hetero) is 1. The second-order valence-corrected chi connectivity index (χ2v) is 8.23. The van der Waals surface area contributed by atoms with Gasteiger partial charge in [0.15, 0.2) is 12.4 Å². The standard InChI is InChI=1S/C20H26Cl2NO7P/c1-3-13(2)20(26)15-7-8-16(19(22)18(15)21)29-12-17(25)23-9-5-4-6-14(10-24)11-30-31(27)28/h7-8,14,24H,2-6,9-12H2,1H3,(H-,23,25,27,28)/p+1. The summed E-state index contributed by atoms with van der Waals surface area (Å²) < 4.78 is 20.5. The molecule has 3 N–H and O–H groups in total. The van der Waals surface area contributed by atoms with Crippen molar-refractivity contribution in [3.8, 4) is 5.75 Å². The number of allylic oxidation sites excluding steroid dienone is 1. The maximum atomic E-state index is 12.2. The smallest absolute Gasteiger partial charge is 0.482 e. The Morgan fingerprint density at radius 1 is 1.26 bits per heavy atom. The average Bonchev–Trinajstić information content (AvgIpc) is 2.75. The first kappa shape index (κ1) is 27.5. The summed E-state index contributed by atoms with van der Waals surface area (Å²) in [6.07, 6.45) is 2.43. The van der Waals surface area contributed by atoms with Gasteiger partial charge in [-0.15, -0.1) is 9.42 Å². The van der Waals surface area contributed by atoms with E-state index < -0.39 is 8.25 Å². The molecule has 8 nitrogen and oxygen atoms in total. The summed E-state index contributed by atoms with van der Waals surface area (Å²) in [5, 5.41) is 12.0. The lowest BCUT2D eigenvalue weighted by Crippen LogP contribution is -2.29. The van der Waals surface area contributed by atoms with Crippen LogP contribution in [0.25, 0.3) is 0 Å². The van der Waals surface area contributed by atoms with E-state index in [0.717, 1.165) is 0 Å². The van der Waals surface area contributed by atoms with E-state index in [1.807, 2.05) is 6.92 Å². The molecule has 1 amide bonds. The Morgan fingerprint density at radius 3 is 2.58 bits per heavy atom. The number of aliphatic hydroxyl groups is 1. The number of ether oxygens (including phenoxy) is 1. The molecule has 0 saturated carbocycles. The minimum Gasteiger partial charge on any atom is -0.482 e. The van der Waals surface area contributed by atoms with Crippen molar-refractivity contribution in [2.45, 2.75) is 32.6 Å². The van der Waals surface area contributed by atoms with Crippen LogP contribution in [0.2, 0.25) is 10.0 Å². The summed E-state index contributed by atoms with van der Waals surface area (Å²) in [5.74, 6) is -0.695. The third-order valence-corrected chi connectivity index (χ3v) is 5.67. The zero-order valence-corrected chi connectivity index (χ0v) is 19.6. The fourth-order valence-corrected chi connectivity index (χ4v) is 3.35. The number of unbranched alkanes of at least 4 members (excludes halogenated alkanes) is 1. The van der Waals surface area contributed by atoms with Gasteiger partial charge in [0, 0.05) is 29.2 Å². The molecule has 0 saturated heterocycles. The van der Waals surface area contributed by atoms with E-state index in [9.17, 15) is 19.3 Å². The quantitative estimate of drug-likeness (QED) is 0.145. The van der Waals surface area contributed by atoms with Gasteiger partial charge in [0.2, 0.25) is 0 Å². The molecule has 0 fully saturated rings. The Balaban J connectivity index is 2.41. The number of hydrogen-bond donors (Lipinski definition) is 3. The number of benzene rings is 1. The predicted molar refractivity (Wildman–Crippen MR) is 119 cm³/mol. The van der Waals surface area contributed by atoms with Crippen LogP contribution < -0.4 is 10.1 Å². The summed E-state index contributed by atoms with van der Waals surface area (Å²) in [6, 6.07) is 2.97. The van der Waals surface area contributed by atoms with E-state index in [1.54, 1.807) is 0 Å². The molecule has 0 heterocycles.